The summed E-state index contributed by atoms with van der Waals surface area (Å²) in [5, 5.41) is 7.82. The van der Waals surface area contributed by atoms with Gasteiger partial charge in [-0.3, -0.25) is 19.1 Å². The van der Waals surface area contributed by atoms with Crippen LogP contribution in [0.4, 0.5) is 0 Å². The van der Waals surface area contributed by atoms with Gasteiger partial charge < -0.3 is 15.1 Å². The van der Waals surface area contributed by atoms with Gasteiger partial charge in [0.25, 0.3) is 0 Å². The van der Waals surface area contributed by atoms with Gasteiger partial charge in [0, 0.05) is 18.5 Å². The highest BCUT2D eigenvalue weighted by Gasteiger charge is 2.39. The van der Waals surface area contributed by atoms with Gasteiger partial charge in [-0.2, -0.15) is 5.10 Å². The Morgan fingerprint density at radius 3 is 2.96 bits per heavy atom. The molecule has 0 bridgehead atoms. The summed E-state index contributed by atoms with van der Waals surface area (Å²) in [6.45, 7) is 1.23. The van der Waals surface area contributed by atoms with Crippen LogP contribution in [0.5, 0.6) is 0 Å². The van der Waals surface area contributed by atoms with Crippen molar-refractivity contribution in [2.24, 2.45) is 0 Å². The first-order valence-electron chi connectivity index (χ1n) is 7.89. The van der Waals surface area contributed by atoms with Crippen molar-refractivity contribution in [3.63, 3.8) is 0 Å². The van der Waals surface area contributed by atoms with Crippen LogP contribution >= 0.6 is 0 Å². The van der Waals surface area contributed by atoms with Crippen LogP contribution in [0.25, 0.3) is 10.9 Å². The molecular formula is C16H17N5O3. The van der Waals surface area contributed by atoms with E-state index in [1.165, 1.54) is 0 Å². The van der Waals surface area contributed by atoms with E-state index in [4.69, 9.17) is 0 Å². The molecule has 0 aliphatic carbocycles. The fourth-order valence-electron chi connectivity index (χ4n) is 3.29. The molecule has 1 atom stereocenters. The van der Waals surface area contributed by atoms with Crippen molar-refractivity contribution in [3.05, 3.63) is 30.5 Å². The Labute approximate surface area is 138 Å². The second-order valence-electron chi connectivity index (χ2n) is 6.02. The minimum Gasteiger partial charge on any atom is -0.345 e. The summed E-state index contributed by atoms with van der Waals surface area (Å²) in [6, 6.07) is 7.11. The largest absolute Gasteiger partial charge is 0.345 e. The van der Waals surface area contributed by atoms with Crippen LogP contribution in [0.15, 0.2) is 30.5 Å². The molecule has 1 N–H and O–H groups in total. The predicted molar refractivity (Wildman–Crippen MR) is 84.8 cm³/mol. The van der Waals surface area contributed by atoms with Crippen molar-refractivity contribution >= 4 is 28.6 Å². The van der Waals surface area contributed by atoms with Gasteiger partial charge in [-0.1, -0.05) is 18.2 Å². The van der Waals surface area contributed by atoms with Gasteiger partial charge in [0.2, 0.25) is 17.7 Å². The van der Waals surface area contributed by atoms with E-state index in [1.807, 2.05) is 24.3 Å². The van der Waals surface area contributed by atoms with Crippen LogP contribution in [0.1, 0.15) is 0 Å². The van der Waals surface area contributed by atoms with E-state index in [2.05, 4.69) is 10.4 Å². The summed E-state index contributed by atoms with van der Waals surface area (Å²) < 4.78 is 1.66. The number of benzene rings is 1. The zero-order valence-corrected chi connectivity index (χ0v) is 13.0. The summed E-state index contributed by atoms with van der Waals surface area (Å²) in [6.07, 6.45) is 1.73. The molecular weight excluding hydrogens is 310 g/mol. The molecule has 1 aromatic heterocycles. The minimum absolute atomic E-state index is 0.0442. The number of fused-ring (bicyclic) bond motifs is 2. The van der Waals surface area contributed by atoms with Crippen molar-refractivity contribution in [2.45, 2.75) is 12.6 Å². The molecule has 3 heterocycles. The van der Waals surface area contributed by atoms with E-state index < -0.39 is 6.04 Å². The number of nitrogens with zero attached hydrogens (tertiary/aromatic N) is 4. The zero-order valence-electron chi connectivity index (χ0n) is 13.0. The number of aromatic nitrogens is 2. The molecule has 0 spiro atoms. The molecule has 4 rings (SSSR count). The molecule has 0 unspecified atom stereocenters. The normalized spacial score (nSPS) is 20.9. The lowest BCUT2D eigenvalue weighted by Gasteiger charge is -2.42. The standard InChI is InChI=1S/C16H17N5O3/c22-14-8-17-16(24)13-9-19(5-6-20(13)14)15(23)10-21-12-4-2-1-3-11(12)7-18-21/h1-4,7,13H,5-6,8-10H2,(H,17,24)/t13-/m0/s1. The number of amides is 3. The van der Waals surface area contributed by atoms with Gasteiger partial charge >= 0.3 is 0 Å². The summed E-state index contributed by atoms with van der Waals surface area (Å²) in [5.41, 5.74) is 0.898. The molecule has 1 aromatic carbocycles. The van der Waals surface area contributed by atoms with E-state index in [0.29, 0.717) is 13.1 Å². The third-order valence-corrected chi connectivity index (χ3v) is 4.61. The average molecular weight is 327 g/mol. The highest BCUT2D eigenvalue weighted by Crippen LogP contribution is 2.16. The minimum atomic E-state index is -0.585. The molecule has 8 heteroatoms. The third kappa shape index (κ3) is 2.40. The Morgan fingerprint density at radius 1 is 1.25 bits per heavy atom. The van der Waals surface area contributed by atoms with Crippen molar-refractivity contribution in [1.29, 1.82) is 0 Å². The SMILES string of the molecule is O=C1NCC(=O)N2CCN(C(=O)Cn3ncc4ccccc43)C[C@@H]12. The number of nitrogens with one attached hydrogen (secondary N) is 1. The van der Waals surface area contributed by atoms with Gasteiger partial charge in [0.1, 0.15) is 12.6 Å². The molecule has 2 saturated heterocycles. The summed E-state index contributed by atoms with van der Waals surface area (Å²) >= 11 is 0. The Balaban J connectivity index is 1.49. The monoisotopic (exact) mass is 327 g/mol. The smallest absolute Gasteiger partial charge is 0.245 e. The molecule has 3 amide bonds. The summed E-state index contributed by atoms with van der Waals surface area (Å²) in [7, 11) is 0. The Kier molecular flexibility index (Phi) is 3.44. The van der Waals surface area contributed by atoms with Crippen LogP contribution in [0.3, 0.4) is 0 Å². The lowest BCUT2D eigenvalue weighted by molar-refractivity contribution is -0.152. The molecule has 2 aromatic rings. The van der Waals surface area contributed by atoms with E-state index >= 15 is 0 Å². The predicted octanol–water partition coefficient (Wildman–Crippen LogP) is -0.794. The molecule has 0 radical (unpaired) electrons. The van der Waals surface area contributed by atoms with Crippen molar-refractivity contribution in [3.8, 4) is 0 Å². The summed E-state index contributed by atoms with van der Waals surface area (Å²) in [4.78, 5) is 39.6. The van der Waals surface area contributed by atoms with E-state index in [9.17, 15) is 14.4 Å². The number of rotatable bonds is 2. The maximum absolute atomic E-state index is 12.6. The van der Waals surface area contributed by atoms with Gasteiger partial charge in [0.05, 0.1) is 24.8 Å². The highest BCUT2D eigenvalue weighted by molar-refractivity contribution is 5.95. The quantitative estimate of drug-likeness (QED) is 0.783. The number of hydrogen-bond donors (Lipinski definition) is 1. The Morgan fingerprint density at radius 2 is 2.08 bits per heavy atom. The maximum Gasteiger partial charge on any atom is 0.245 e. The summed E-state index contributed by atoms with van der Waals surface area (Å²) in [5.74, 6) is -0.393. The number of piperazine rings is 2. The topological polar surface area (TPSA) is 87.5 Å². The van der Waals surface area contributed by atoms with Crippen LogP contribution in [-0.4, -0.2) is 69.5 Å². The maximum atomic E-state index is 12.6. The number of carbonyl (C=O) groups excluding carboxylic acids is 3. The average Bonchev–Trinajstić information content (AvgIpc) is 3.01. The van der Waals surface area contributed by atoms with Crippen molar-refractivity contribution in [1.82, 2.24) is 24.9 Å². The second-order valence-corrected chi connectivity index (χ2v) is 6.02. The second kappa shape index (κ2) is 5.63. The fourth-order valence-corrected chi connectivity index (χ4v) is 3.29. The molecule has 24 heavy (non-hydrogen) atoms. The van der Waals surface area contributed by atoms with E-state index in [-0.39, 0.29) is 37.4 Å². The first-order valence-corrected chi connectivity index (χ1v) is 7.89. The molecule has 2 aliphatic heterocycles. The van der Waals surface area contributed by atoms with Crippen molar-refractivity contribution < 1.29 is 14.4 Å². The zero-order chi connectivity index (χ0) is 16.7. The first kappa shape index (κ1) is 14.7. The fraction of sp³-hybridized carbons (Fsp3) is 0.375. The molecule has 8 nitrogen and oxygen atoms in total. The van der Waals surface area contributed by atoms with E-state index in [0.717, 1.165) is 10.9 Å². The Bertz CT molecular complexity index is 830. The van der Waals surface area contributed by atoms with Crippen molar-refractivity contribution in [2.75, 3.05) is 26.2 Å². The van der Waals surface area contributed by atoms with Gasteiger partial charge in [-0.15, -0.1) is 0 Å². The molecule has 2 fully saturated rings. The van der Waals surface area contributed by atoms with Crippen LogP contribution in [0.2, 0.25) is 0 Å². The molecule has 2 aliphatic rings. The number of carbonyl (C=O) groups is 3. The van der Waals surface area contributed by atoms with Crippen LogP contribution < -0.4 is 5.32 Å². The highest BCUT2D eigenvalue weighted by atomic mass is 16.2. The third-order valence-electron chi connectivity index (χ3n) is 4.61. The Hall–Kier alpha value is -2.90. The van der Waals surface area contributed by atoms with E-state index in [1.54, 1.807) is 20.7 Å². The lowest BCUT2D eigenvalue weighted by Crippen LogP contribution is -2.66. The van der Waals surface area contributed by atoms with Gasteiger partial charge in [-0.05, 0) is 6.07 Å². The first-order chi connectivity index (χ1) is 11.6. The lowest BCUT2D eigenvalue weighted by atomic mass is 10.1. The number of para-hydroxylation sites is 1. The van der Waals surface area contributed by atoms with Crippen LogP contribution in [-0.2, 0) is 20.9 Å². The van der Waals surface area contributed by atoms with Gasteiger partial charge in [-0.25, -0.2) is 0 Å². The molecule has 0 saturated carbocycles. The van der Waals surface area contributed by atoms with Crippen LogP contribution in [0, 0.1) is 0 Å². The number of hydrogen-bond acceptors (Lipinski definition) is 4. The van der Waals surface area contributed by atoms with Gasteiger partial charge in [0.15, 0.2) is 0 Å². The molecule has 124 valence electrons.